The predicted molar refractivity (Wildman–Crippen MR) is 80.9 cm³/mol. The van der Waals surface area contributed by atoms with Crippen molar-refractivity contribution in [3.05, 3.63) is 23.6 Å². The molecule has 2 saturated heterocycles. The number of nitrogens with zero attached hydrogens (tertiary/aromatic N) is 2. The van der Waals surface area contributed by atoms with E-state index < -0.39 is 0 Å². The fourth-order valence-corrected chi connectivity index (χ4v) is 3.04. The molecule has 0 aliphatic carbocycles. The van der Waals surface area contributed by atoms with Crippen molar-refractivity contribution in [3.8, 4) is 0 Å². The van der Waals surface area contributed by atoms with Gasteiger partial charge in [-0.2, -0.15) is 0 Å². The number of anilines is 1. The molecule has 0 radical (unpaired) electrons. The number of halogens is 1. The maximum atomic E-state index is 13.6. The molecule has 21 heavy (non-hydrogen) atoms. The molecule has 0 amide bonds. The number of hydrogen-bond acceptors (Lipinski definition) is 4. The number of morpholine rings is 1. The predicted octanol–water partition coefficient (Wildman–Crippen LogP) is 2.48. The quantitative estimate of drug-likeness (QED) is 0.929. The molecule has 116 valence electrons. The number of ether oxygens (including phenoxy) is 1. The van der Waals surface area contributed by atoms with E-state index in [0.29, 0.717) is 18.8 Å². The second-order valence-electron chi connectivity index (χ2n) is 7.10. The summed E-state index contributed by atoms with van der Waals surface area (Å²) in [5.41, 5.74) is 0.916. The van der Waals surface area contributed by atoms with E-state index in [2.05, 4.69) is 36.0 Å². The second kappa shape index (κ2) is 5.54. The third-order valence-electron chi connectivity index (χ3n) is 4.06. The Bertz CT molecular complexity index is 503. The molecule has 0 spiro atoms. The first-order chi connectivity index (χ1) is 9.90. The fourth-order valence-electron chi connectivity index (χ4n) is 3.04. The van der Waals surface area contributed by atoms with Crippen LogP contribution < -0.4 is 10.2 Å². The standard InChI is InChI=1S/C16H24FN3O/c1-16(2,3)19-7-11-6-12(17)8-18-15(11)20-9-13-4-5-14(10-20)21-13/h6,8,13-14,19H,4-5,7,9-10H2,1-3H3. The Labute approximate surface area is 125 Å². The third-order valence-corrected chi connectivity index (χ3v) is 4.06. The molecule has 1 N–H and O–H groups in total. The van der Waals surface area contributed by atoms with Crippen LogP contribution in [0, 0.1) is 5.82 Å². The Hall–Kier alpha value is -1.20. The average Bonchev–Trinajstić information content (AvgIpc) is 2.74. The van der Waals surface area contributed by atoms with E-state index in [0.717, 1.165) is 37.3 Å². The van der Waals surface area contributed by atoms with Gasteiger partial charge in [0.05, 0.1) is 18.4 Å². The van der Waals surface area contributed by atoms with E-state index >= 15 is 0 Å². The Balaban J connectivity index is 1.80. The molecule has 1 aromatic heterocycles. The van der Waals surface area contributed by atoms with Crippen LogP contribution in [0.2, 0.25) is 0 Å². The largest absolute Gasteiger partial charge is 0.371 e. The van der Waals surface area contributed by atoms with E-state index in [1.165, 1.54) is 6.20 Å². The second-order valence-corrected chi connectivity index (χ2v) is 7.10. The van der Waals surface area contributed by atoms with Crippen LogP contribution in [0.4, 0.5) is 10.2 Å². The first kappa shape index (κ1) is 14.7. The normalized spacial score (nSPS) is 25.4. The van der Waals surface area contributed by atoms with Gasteiger partial charge in [0.25, 0.3) is 0 Å². The zero-order valence-electron chi connectivity index (χ0n) is 13.0. The van der Waals surface area contributed by atoms with Crippen molar-refractivity contribution in [1.82, 2.24) is 10.3 Å². The van der Waals surface area contributed by atoms with Crippen LogP contribution in [0.3, 0.4) is 0 Å². The smallest absolute Gasteiger partial charge is 0.141 e. The molecule has 1 aromatic rings. The van der Waals surface area contributed by atoms with Crippen molar-refractivity contribution in [2.75, 3.05) is 18.0 Å². The van der Waals surface area contributed by atoms with Crippen LogP contribution in [-0.4, -0.2) is 35.8 Å². The molecule has 5 heteroatoms. The number of aromatic nitrogens is 1. The van der Waals surface area contributed by atoms with Gasteiger partial charge >= 0.3 is 0 Å². The lowest BCUT2D eigenvalue weighted by molar-refractivity contribution is 0.0301. The SMILES string of the molecule is CC(C)(C)NCc1cc(F)cnc1N1CC2CCC(C1)O2. The number of rotatable bonds is 3. The number of hydrogen-bond donors (Lipinski definition) is 1. The molecule has 3 rings (SSSR count). The minimum atomic E-state index is -0.277. The summed E-state index contributed by atoms with van der Waals surface area (Å²) in [7, 11) is 0. The van der Waals surface area contributed by atoms with Crippen molar-refractivity contribution in [1.29, 1.82) is 0 Å². The molecular formula is C16H24FN3O. The van der Waals surface area contributed by atoms with Gasteiger partial charge in [0.15, 0.2) is 0 Å². The van der Waals surface area contributed by atoms with Gasteiger partial charge in [-0.15, -0.1) is 0 Å². The van der Waals surface area contributed by atoms with Crippen LogP contribution in [-0.2, 0) is 11.3 Å². The molecule has 2 bridgehead atoms. The molecule has 2 atom stereocenters. The van der Waals surface area contributed by atoms with Gasteiger partial charge in [0.2, 0.25) is 0 Å². The summed E-state index contributed by atoms with van der Waals surface area (Å²) in [6.07, 6.45) is 4.17. The van der Waals surface area contributed by atoms with Gasteiger partial charge in [-0.25, -0.2) is 9.37 Å². The lowest BCUT2D eigenvalue weighted by Gasteiger charge is -2.34. The van der Waals surface area contributed by atoms with E-state index in [9.17, 15) is 4.39 Å². The van der Waals surface area contributed by atoms with Crippen molar-refractivity contribution in [2.45, 2.75) is 57.9 Å². The van der Waals surface area contributed by atoms with Crippen molar-refractivity contribution in [2.24, 2.45) is 0 Å². The van der Waals surface area contributed by atoms with Crippen LogP contribution in [0.5, 0.6) is 0 Å². The summed E-state index contributed by atoms with van der Waals surface area (Å²) in [5, 5.41) is 3.42. The van der Waals surface area contributed by atoms with Gasteiger partial charge in [-0.1, -0.05) is 0 Å². The molecule has 2 fully saturated rings. The summed E-state index contributed by atoms with van der Waals surface area (Å²) in [6.45, 7) is 8.66. The molecule has 4 nitrogen and oxygen atoms in total. The lowest BCUT2D eigenvalue weighted by atomic mass is 10.1. The molecule has 2 unspecified atom stereocenters. The van der Waals surface area contributed by atoms with Gasteiger partial charge in [-0.05, 0) is 39.7 Å². The van der Waals surface area contributed by atoms with Crippen LogP contribution in [0.15, 0.2) is 12.3 Å². The van der Waals surface area contributed by atoms with E-state index in [1.54, 1.807) is 6.07 Å². The highest BCUT2D eigenvalue weighted by atomic mass is 19.1. The highest BCUT2D eigenvalue weighted by molar-refractivity contribution is 5.48. The van der Waals surface area contributed by atoms with Crippen LogP contribution in [0.1, 0.15) is 39.2 Å². The van der Waals surface area contributed by atoms with Crippen LogP contribution >= 0.6 is 0 Å². The summed E-state index contributed by atoms with van der Waals surface area (Å²) < 4.78 is 19.4. The average molecular weight is 293 g/mol. The zero-order chi connectivity index (χ0) is 15.0. The Morgan fingerprint density at radius 3 is 2.62 bits per heavy atom. The topological polar surface area (TPSA) is 37.4 Å². The van der Waals surface area contributed by atoms with Crippen molar-refractivity contribution in [3.63, 3.8) is 0 Å². The Morgan fingerprint density at radius 2 is 2.00 bits per heavy atom. The zero-order valence-corrected chi connectivity index (χ0v) is 13.0. The number of pyridine rings is 1. The fraction of sp³-hybridized carbons (Fsp3) is 0.688. The van der Waals surface area contributed by atoms with Gasteiger partial charge in [0.1, 0.15) is 11.6 Å². The van der Waals surface area contributed by atoms with E-state index in [-0.39, 0.29) is 11.4 Å². The van der Waals surface area contributed by atoms with Crippen molar-refractivity contribution >= 4 is 5.82 Å². The van der Waals surface area contributed by atoms with Gasteiger partial charge in [-0.3, -0.25) is 0 Å². The molecule has 0 saturated carbocycles. The van der Waals surface area contributed by atoms with E-state index in [4.69, 9.17) is 4.74 Å². The molecule has 2 aliphatic rings. The highest BCUT2D eigenvalue weighted by Crippen LogP contribution is 2.30. The highest BCUT2D eigenvalue weighted by Gasteiger charge is 2.35. The Kier molecular flexibility index (Phi) is 3.88. The lowest BCUT2D eigenvalue weighted by Crippen LogP contribution is -2.44. The molecule has 3 heterocycles. The van der Waals surface area contributed by atoms with Crippen molar-refractivity contribution < 1.29 is 9.13 Å². The van der Waals surface area contributed by atoms with Gasteiger partial charge in [0, 0.05) is 30.7 Å². The van der Waals surface area contributed by atoms with E-state index in [1.807, 2.05) is 0 Å². The maximum absolute atomic E-state index is 13.6. The summed E-state index contributed by atoms with van der Waals surface area (Å²) in [6, 6.07) is 1.60. The first-order valence-corrected chi connectivity index (χ1v) is 7.70. The monoisotopic (exact) mass is 293 g/mol. The summed E-state index contributed by atoms with van der Waals surface area (Å²) in [5.74, 6) is 0.619. The van der Waals surface area contributed by atoms with Gasteiger partial charge < -0.3 is 15.0 Å². The van der Waals surface area contributed by atoms with Crippen LogP contribution in [0.25, 0.3) is 0 Å². The number of fused-ring (bicyclic) bond motifs is 2. The Morgan fingerprint density at radius 1 is 1.33 bits per heavy atom. The summed E-state index contributed by atoms with van der Waals surface area (Å²) >= 11 is 0. The minimum absolute atomic E-state index is 0.00632. The maximum Gasteiger partial charge on any atom is 0.141 e. The molecular weight excluding hydrogens is 269 g/mol. The first-order valence-electron chi connectivity index (χ1n) is 7.70. The summed E-state index contributed by atoms with van der Waals surface area (Å²) in [4.78, 5) is 6.61. The molecule has 0 aromatic carbocycles. The third kappa shape index (κ3) is 3.52. The minimum Gasteiger partial charge on any atom is -0.371 e. The molecule has 2 aliphatic heterocycles. The number of nitrogens with one attached hydrogen (secondary N) is 1.